The van der Waals surface area contributed by atoms with Gasteiger partial charge in [-0.25, -0.2) is 9.13 Å². The van der Waals surface area contributed by atoms with E-state index in [0.717, 1.165) is 0 Å². The highest BCUT2D eigenvalue weighted by Gasteiger charge is 2.16. The Morgan fingerprint density at radius 3 is 1.71 bits per heavy atom. The summed E-state index contributed by atoms with van der Waals surface area (Å²) < 4.78 is 5.16. The molecule has 0 N–H and O–H groups in total. The van der Waals surface area contributed by atoms with Crippen molar-refractivity contribution >= 4 is 0 Å². The molecule has 0 aliphatic carbocycles. The third-order valence-corrected chi connectivity index (χ3v) is 6.10. The minimum atomic E-state index is 1.22. The zero-order valence-corrected chi connectivity index (χ0v) is 19.7. The molecule has 0 radical (unpaired) electrons. The summed E-state index contributed by atoms with van der Waals surface area (Å²) in [4.78, 5) is 0. The second-order valence-corrected chi connectivity index (χ2v) is 8.80. The number of aryl methyl sites for hydroxylation is 2. The van der Waals surface area contributed by atoms with Crippen LogP contribution in [-0.4, -0.2) is 4.57 Å². The first-order valence-corrected chi connectivity index (χ1v) is 12.9. The lowest BCUT2D eigenvalue weighted by molar-refractivity contribution is -0.704. The molecule has 0 aliphatic rings. The fraction of sp³-hybridized carbons (Fsp3) is 0.885. The molecule has 0 unspecified atom stereocenters. The molecule has 0 aliphatic heterocycles. The molecule has 164 valence electrons. The Bertz CT molecular complexity index is 418. The Morgan fingerprint density at radius 1 is 0.607 bits per heavy atom. The Kier molecular flexibility index (Phi) is 16.5. The average Bonchev–Trinajstić information content (AvgIpc) is 3.08. The van der Waals surface area contributed by atoms with Crippen LogP contribution in [0.3, 0.4) is 0 Å². The van der Waals surface area contributed by atoms with Gasteiger partial charge in [0.2, 0.25) is 0 Å². The second-order valence-electron chi connectivity index (χ2n) is 8.80. The molecular weight excluding hydrogens is 340 g/mol. The van der Waals surface area contributed by atoms with Crippen LogP contribution in [0.2, 0.25) is 0 Å². The number of aromatic nitrogens is 2. The molecule has 1 rings (SSSR count). The van der Waals surface area contributed by atoms with E-state index in [1.807, 2.05) is 0 Å². The van der Waals surface area contributed by atoms with E-state index in [9.17, 15) is 0 Å². The number of hydrogen-bond acceptors (Lipinski definition) is 0. The van der Waals surface area contributed by atoms with Gasteiger partial charge in [0.05, 0.1) is 13.1 Å². The van der Waals surface area contributed by atoms with Crippen molar-refractivity contribution in [2.45, 2.75) is 149 Å². The van der Waals surface area contributed by atoms with E-state index in [1.54, 1.807) is 5.82 Å². The molecule has 0 saturated carbocycles. The third kappa shape index (κ3) is 11.9. The molecule has 1 heterocycles. The monoisotopic (exact) mass is 391 g/mol. The van der Waals surface area contributed by atoms with Crippen molar-refractivity contribution in [2.75, 3.05) is 0 Å². The van der Waals surface area contributed by atoms with Crippen molar-refractivity contribution in [1.82, 2.24) is 4.57 Å². The van der Waals surface area contributed by atoms with Gasteiger partial charge in [-0.2, -0.15) is 0 Å². The zero-order valence-electron chi connectivity index (χ0n) is 19.7. The van der Waals surface area contributed by atoms with Crippen molar-refractivity contribution in [3.63, 3.8) is 0 Å². The Hall–Kier alpha value is -0.790. The summed E-state index contributed by atoms with van der Waals surface area (Å²) in [5.41, 5.74) is 0. The van der Waals surface area contributed by atoms with Crippen LogP contribution in [0.25, 0.3) is 0 Å². The topological polar surface area (TPSA) is 8.81 Å². The van der Waals surface area contributed by atoms with Crippen LogP contribution >= 0.6 is 0 Å². The van der Waals surface area contributed by atoms with E-state index in [4.69, 9.17) is 0 Å². The van der Waals surface area contributed by atoms with Gasteiger partial charge >= 0.3 is 0 Å². The highest BCUT2D eigenvalue weighted by atomic mass is 15.1. The van der Waals surface area contributed by atoms with Gasteiger partial charge in [-0.1, -0.05) is 97.8 Å². The van der Waals surface area contributed by atoms with E-state index >= 15 is 0 Å². The maximum atomic E-state index is 2.58. The van der Waals surface area contributed by atoms with E-state index in [-0.39, 0.29) is 0 Å². The second kappa shape index (κ2) is 18.3. The number of rotatable bonds is 20. The average molecular weight is 392 g/mol. The summed E-state index contributed by atoms with van der Waals surface area (Å²) in [6, 6.07) is 0. The van der Waals surface area contributed by atoms with Gasteiger partial charge in [-0.05, 0) is 32.1 Å². The molecule has 0 saturated heterocycles. The molecule has 2 nitrogen and oxygen atoms in total. The predicted octanol–water partition coefficient (Wildman–Crippen LogP) is 8.01. The van der Waals surface area contributed by atoms with Crippen molar-refractivity contribution in [3.05, 3.63) is 18.2 Å². The lowest BCUT2D eigenvalue weighted by atomic mass is 10.1. The number of unbranched alkanes of at least 4 members (excludes halogenated alkanes) is 14. The Balaban J connectivity index is 2.44. The van der Waals surface area contributed by atoms with Crippen molar-refractivity contribution in [1.29, 1.82) is 0 Å². The first-order valence-electron chi connectivity index (χ1n) is 12.9. The van der Waals surface area contributed by atoms with Crippen molar-refractivity contribution < 1.29 is 4.57 Å². The molecule has 0 amide bonds. The number of hydrogen-bond donors (Lipinski definition) is 0. The Labute approximate surface area is 177 Å². The van der Waals surface area contributed by atoms with Gasteiger partial charge in [0.25, 0.3) is 5.82 Å². The van der Waals surface area contributed by atoms with E-state index < -0.39 is 0 Å². The van der Waals surface area contributed by atoms with Crippen molar-refractivity contribution in [3.8, 4) is 0 Å². The highest BCUT2D eigenvalue weighted by Crippen LogP contribution is 2.12. The minimum absolute atomic E-state index is 1.22. The fourth-order valence-corrected chi connectivity index (χ4v) is 4.20. The molecule has 0 spiro atoms. The van der Waals surface area contributed by atoms with Crippen LogP contribution < -0.4 is 4.57 Å². The van der Waals surface area contributed by atoms with E-state index in [1.165, 1.54) is 129 Å². The summed E-state index contributed by atoms with van der Waals surface area (Å²) >= 11 is 0. The van der Waals surface area contributed by atoms with Crippen molar-refractivity contribution in [2.24, 2.45) is 0 Å². The zero-order chi connectivity index (χ0) is 20.3. The van der Waals surface area contributed by atoms with Crippen LogP contribution in [-0.2, 0) is 19.5 Å². The van der Waals surface area contributed by atoms with Gasteiger partial charge in [0.1, 0.15) is 12.4 Å². The summed E-state index contributed by atoms with van der Waals surface area (Å²) in [5, 5.41) is 0. The highest BCUT2D eigenvalue weighted by molar-refractivity contribution is 4.84. The third-order valence-electron chi connectivity index (χ3n) is 6.10. The molecule has 1 aromatic rings. The predicted molar refractivity (Wildman–Crippen MR) is 124 cm³/mol. The molecule has 0 aromatic carbocycles. The Morgan fingerprint density at radius 2 is 1.11 bits per heavy atom. The van der Waals surface area contributed by atoms with Crippen LogP contribution in [0.1, 0.15) is 136 Å². The fourth-order valence-electron chi connectivity index (χ4n) is 4.20. The van der Waals surface area contributed by atoms with E-state index in [0.29, 0.717) is 0 Å². The summed E-state index contributed by atoms with van der Waals surface area (Å²) in [6.45, 7) is 9.35. The molecular formula is C26H51N2+. The number of imidazole rings is 1. The normalized spacial score (nSPS) is 11.4. The molecule has 2 heteroatoms. The van der Waals surface area contributed by atoms with Crippen LogP contribution in [0, 0.1) is 0 Å². The summed E-state index contributed by atoms with van der Waals surface area (Å²) in [5.74, 6) is 1.60. The maximum absolute atomic E-state index is 2.58. The minimum Gasteiger partial charge on any atom is -0.234 e. The molecule has 0 bridgehead atoms. The van der Waals surface area contributed by atoms with Gasteiger partial charge < -0.3 is 0 Å². The van der Waals surface area contributed by atoms with Gasteiger partial charge in [0.15, 0.2) is 0 Å². The molecule has 0 atom stereocenters. The first kappa shape index (κ1) is 25.2. The van der Waals surface area contributed by atoms with Crippen LogP contribution in [0.4, 0.5) is 0 Å². The lowest BCUT2D eigenvalue weighted by Gasteiger charge is -2.07. The van der Waals surface area contributed by atoms with Crippen LogP contribution in [0.5, 0.6) is 0 Å². The molecule has 0 fully saturated rings. The quantitative estimate of drug-likeness (QED) is 0.157. The van der Waals surface area contributed by atoms with Gasteiger partial charge in [-0.3, -0.25) is 0 Å². The summed E-state index contributed by atoms with van der Waals surface area (Å²) in [7, 11) is 0. The van der Waals surface area contributed by atoms with E-state index in [2.05, 4.69) is 42.3 Å². The standard InChI is InChI=1S/C26H51N2/c1-4-7-10-13-14-15-18-21-26-27(22-19-16-11-8-5-2)24-25-28(26)23-20-17-12-9-6-3/h24-25H,4-23H2,1-3H3/q+1. The smallest absolute Gasteiger partial charge is 0.234 e. The molecule has 1 aromatic heterocycles. The SMILES string of the molecule is CCCCCCCCCc1n(CCCCCCC)cc[n+]1CCCCCCC. The van der Waals surface area contributed by atoms with Gasteiger partial charge in [-0.15, -0.1) is 0 Å². The largest absolute Gasteiger partial charge is 0.256 e. The summed E-state index contributed by atoms with van der Waals surface area (Å²) in [6.07, 6.45) is 29.6. The number of nitrogens with zero attached hydrogens (tertiary/aromatic N) is 2. The maximum Gasteiger partial charge on any atom is 0.256 e. The molecule has 28 heavy (non-hydrogen) atoms. The van der Waals surface area contributed by atoms with Gasteiger partial charge in [0, 0.05) is 6.42 Å². The van der Waals surface area contributed by atoms with Crippen LogP contribution in [0.15, 0.2) is 12.4 Å². The lowest BCUT2D eigenvalue weighted by Crippen LogP contribution is -2.37. The first-order chi connectivity index (χ1) is 13.8.